The summed E-state index contributed by atoms with van der Waals surface area (Å²) in [5, 5.41) is 3.60. The van der Waals surface area contributed by atoms with Gasteiger partial charge in [0.2, 0.25) is 0 Å². The van der Waals surface area contributed by atoms with Crippen LogP contribution in [0.1, 0.15) is 69.8 Å². The first-order valence-corrected chi connectivity index (χ1v) is 14.6. The first kappa shape index (κ1) is 35.0. The molecule has 0 spiro atoms. The van der Waals surface area contributed by atoms with Crippen LogP contribution < -0.4 is 10.1 Å². The van der Waals surface area contributed by atoms with Crippen LogP contribution in [0.4, 0.5) is 8.78 Å². The maximum absolute atomic E-state index is 14.2. The van der Waals surface area contributed by atoms with Crippen LogP contribution in [0, 0.1) is 11.6 Å². The summed E-state index contributed by atoms with van der Waals surface area (Å²) in [6.45, 7) is 3.13. The molecule has 1 atom stereocenters. The topological polar surface area (TPSA) is 60.5 Å². The summed E-state index contributed by atoms with van der Waals surface area (Å²) in [6.07, 6.45) is 5.10. The van der Waals surface area contributed by atoms with Gasteiger partial charge in [0.15, 0.2) is 0 Å². The number of hydrogen-bond donors (Lipinski definition) is 1. The third-order valence-corrected chi connectivity index (χ3v) is 7.62. The monoisotopic (exact) mass is 642 g/mol. The first-order chi connectivity index (χ1) is 20.5. The fourth-order valence-corrected chi connectivity index (χ4v) is 5.36. The molecule has 5 rings (SSSR count). The molecule has 0 aliphatic heterocycles. The Morgan fingerprint density at radius 2 is 1.52 bits per heavy atom. The van der Waals surface area contributed by atoms with Gasteiger partial charge in [-0.05, 0) is 116 Å². The van der Waals surface area contributed by atoms with E-state index in [1.54, 1.807) is 19.1 Å². The SMILES string of the molecule is CCOC(=O)c1ccc2c(n1)CCCC2NCCc1cc(F)ccc1OCc1ccc(CCc2ccc(F)cc2)cc1.Cl.Cl. The maximum atomic E-state index is 14.2. The van der Waals surface area contributed by atoms with Gasteiger partial charge in [0.05, 0.1) is 6.61 Å². The average Bonchev–Trinajstić information content (AvgIpc) is 3.01. The van der Waals surface area contributed by atoms with E-state index in [1.165, 1.54) is 29.8 Å². The molecule has 3 aromatic carbocycles. The first-order valence-electron chi connectivity index (χ1n) is 14.6. The van der Waals surface area contributed by atoms with E-state index < -0.39 is 5.97 Å². The molecule has 0 fully saturated rings. The molecule has 1 N–H and O–H groups in total. The lowest BCUT2D eigenvalue weighted by molar-refractivity contribution is 0.0519. The van der Waals surface area contributed by atoms with Gasteiger partial charge in [-0.2, -0.15) is 0 Å². The summed E-state index contributed by atoms with van der Waals surface area (Å²) in [4.78, 5) is 16.7. The van der Waals surface area contributed by atoms with E-state index in [0.29, 0.717) is 37.6 Å². The molecular formula is C35H38Cl2F2N2O3. The number of ether oxygens (including phenoxy) is 2. The van der Waals surface area contributed by atoms with Crippen molar-refractivity contribution >= 4 is 30.8 Å². The van der Waals surface area contributed by atoms with Crippen molar-refractivity contribution in [2.45, 2.75) is 58.1 Å². The minimum absolute atomic E-state index is 0. The molecule has 0 saturated carbocycles. The summed E-state index contributed by atoms with van der Waals surface area (Å²) in [5.41, 5.74) is 6.53. The zero-order valence-corrected chi connectivity index (χ0v) is 26.3. The highest BCUT2D eigenvalue weighted by molar-refractivity contribution is 5.87. The molecule has 1 aliphatic rings. The maximum Gasteiger partial charge on any atom is 0.356 e. The Bertz CT molecular complexity index is 1500. The predicted molar refractivity (Wildman–Crippen MR) is 173 cm³/mol. The fourth-order valence-electron chi connectivity index (χ4n) is 5.36. The van der Waals surface area contributed by atoms with Crippen molar-refractivity contribution < 1.29 is 23.0 Å². The lowest BCUT2D eigenvalue weighted by Crippen LogP contribution is -2.28. The lowest BCUT2D eigenvalue weighted by atomic mass is 9.91. The van der Waals surface area contributed by atoms with E-state index in [9.17, 15) is 13.6 Å². The molecule has 9 heteroatoms. The highest BCUT2D eigenvalue weighted by Gasteiger charge is 2.23. The molecule has 0 radical (unpaired) electrons. The van der Waals surface area contributed by atoms with Gasteiger partial charge in [-0.15, -0.1) is 24.8 Å². The Labute approximate surface area is 270 Å². The van der Waals surface area contributed by atoms with Crippen LogP contribution in [0.3, 0.4) is 0 Å². The van der Waals surface area contributed by atoms with Crippen molar-refractivity contribution in [1.29, 1.82) is 0 Å². The third-order valence-electron chi connectivity index (χ3n) is 7.62. The van der Waals surface area contributed by atoms with E-state index in [4.69, 9.17) is 9.47 Å². The Kier molecular flexibility index (Phi) is 13.6. The molecule has 0 amide bonds. The number of carbonyl (C=O) groups excluding carboxylic acids is 1. The number of fused-ring (bicyclic) bond motifs is 1. The zero-order valence-electron chi connectivity index (χ0n) is 24.7. The Balaban J connectivity index is 0.00000264. The Morgan fingerprint density at radius 3 is 2.23 bits per heavy atom. The van der Waals surface area contributed by atoms with Crippen LogP contribution >= 0.6 is 24.8 Å². The Hall–Kier alpha value is -3.52. The molecule has 4 aromatic rings. The normalized spacial score (nSPS) is 13.7. The minimum atomic E-state index is -0.396. The van der Waals surface area contributed by atoms with Gasteiger partial charge in [0.1, 0.15) is 29.7 Å². The van der Waals surface area contributed by atoms with E-state index in [0.717, 1.165) is 60.1 Å². The number of aryl methyl sites for hydroxylation is 3. The van der Waals surface area contributed by atoms with Gasteiger partial charge in [0.25, 0.3) is 0 Å². The zero-order chi connectivity index (χ0) is 29.3. The number of hydrogen-bond acceptors (Lipinski definition) is 5. The number of esters is 1. The highest BCUT2D eigenvalue weighted by atomic mass is 35.5. The summed E-state index contributed by atoms with van der Waals surface area (Å²) in [7, 11) is 0. The van der Waals surface area contributed by atoms with Gasteiger partial charge in [0, 0.05) is 11.7 Å². The number of aromatic nitrogens is 1. The number of benzene rings is 3. The number of rotatable bonds is 12. The molecular weight excluding hydrogens is 605 g/mol. The van der Waals surface area contributed by atoms with Crippen molar-refractivity contribution in [3.63, 3.8) is 0 Å². The number of carbonyl (C=O) groups is 1. The lowest BCUT2D eigenvalue weighted by Gasteiger charge is -2.26. The van der Waals surface area contributed by atoms with Crippen LogP contribution in [0.15, 0.2) is 78.9 Å². The van der Waals surface area contributed by atoms with E-state index in [1.807, 2.05) is 30.3 Å². The van der Waals surface area contributed by atoms with E-state index in [2.05, 4.69) is 22.4 Å². The third kappa shape index (κ3) is 9.49. The van der Waals surface area contributed by atoms with E-state index >= 15 is 0 Å². The van der Waals surface area contributed by atoms with Crippen molar-refractivity contribution in [3.8, 4) is 5.75 Å². The number of nitrogens with one attached hydrogen (secondary N) is 1. The second-order valence-electron chi connectivity index (χ2n) is 10.6. The van der Waals surface area contributed by atoms with Gasteiger partial charge >= 0.3 is 5.97 Å². The summed E-state index contributed by atoms with van der Waals surface area (Å²) in [6, 6.07) is 23.4. The molecule has 1 aliphatic carbocycles. The van der Waals surface area contributed by atoms with Crippen molar-refractivity contribution in [1.82, 2.24) is 10.3 Å². The number of nitrogens with zero attached hydrogens (tertiary/aromatic N) is 1. The van der Waals surface area contributed by atoms with Crippen LogP contribution in [0.25, 0.3) is 0 Å². The van der Waals surface area contributed by atoms with Gasteiger partial charge in [-0.3, -0.25) is 0 Å². The molecule has 1 unspecified atom stereocenters. The largest absolute Gasteiger partial charge is 0.489 e. The molecule has 44 heavy (non-hydrogen) atoms. The second-order valence-corrected chi connectivity index (χ2v) is 10.6. The van der Waals surface area contributed by atoms with Crippen LogP contribution in [-0.2, 0) is 37.0 Å². The predicted octanol–water partition coefficient (Wildman–Crippen LogP) is 7.95. The summed E-state index contributed by atoms with van der Waals surface area (Å²) < 4.78 is 38.5. The van der Waals surface area contributed by atoms with Crippen LogP contribution in [0.5, 0.6) is 5.75 Å². The quantitative estimate of drug-likeness (QED) is 0.159. The van der Waals surface area contributed by atoms with Crippen LogP contribution in [-0.4, -0.2) is 24.1 Å². The van der Waals surface area contributed by atoms with Gasteiger partial charge in [-0.1, -0.05) is 42.5 Å². The molecule has 1 heterocycles. The Morgan fingerprint density at radius 1 is 0.864 bits per heavy atom. The minimum Gasteiger partial charge on any atom is -0.489 e. The second kappa shape index (κ2) is 17.1. The molecule has 0 bridgehead atoms. The molecule has 1 aromatic heterocycles. The summed E-state index contributed by atoms with van der Waals surface area (Å²) >= 11 is 0. The number of pyridine rings is 1. The van der Waals surface area contributed by atoms with Crippen molar-refractivity contribution in [2.75, 3.05) is 13.2 Å². The smallest absolute Gasteiger partial charge is 0.356 e. The molecule has 5 nitrogen and oxygen atoms in total. The molecule has 234 valence electrons. The summed E-state index contributed by atoms with van der Waals surface area (Å²) in [5.74, 6) is -0.236. The van der Waals surface area contributed by atoms with Gasteiger partial charge in [-0.25, -0.2) is 18.6 Å². The van der Waals surface area contributed by atoms with E-state index in [-0.39, 0.29) is 42.5 Å². The van der Waals surface area contributed by atoms with Gasteiger partial charge < -0.3 is 14.8 Å². The fraction of sp³-hybridized carbons (Fsp3) is 0.314. The highest BCUT2D eigenvalue weighted by Crippen LogP contribution is 2.29. The van der Waals surface area contributed by atoms with Crippen LogP contribution in [0.2, 0.25) is 0 Å². The van der Waals surface area contributed by atoms with Crippen molar-refractivity contribution in [3.05, 3.63) is 130 Å². The number of halogens is 4. The average molecular weight is 644 g/mol. The standard InChI is InChI=1S/C35H36F2N2O3.2ClH/c1-2-41-35(40)33-18-17-30-31(4-3-5-32(30)39-33)38-21-20-27-22-29(37)16-19-34(27)42-23-26-10-8-24(9-11-26)6-7-25-12-14-28(36)15-13-25;;/h8-19,22,31,38H,2-7,20-21,23H2,1H3;2*1H. The van der Waals surface area contributed by atoms with Crippen molar-refractivity contribution in [2.24, 2.45) is 0 Å². The molecule has 0 saturated heterocycles.